The first-order valence-corrected chi connectivity index (χ1v) is 5.36. The van der Waals surface area contributed by atoms with Crippen LogP contribution in [0.4, 0.5) is 0 Å². The summed E-state index contributed by atoms with van der Waals surface area (Å²) in [5.41, 5.74) is 0. The monoisotopic (exact) mass is 199 g/mol. The summed E-state index contributed by atoms with van der Waals surface area (Å²) in [6.07, 6.45) is 3.52. The predicted octanol–water partition coefficient (Wildman–Crippen LogP) is 0.149. The van der Waals surface area contributed by atoms with Crippen LogP contribution in [-0.4, -0.2) is 47.8 Å². The van der Waals surface area contributed by atoms with Gasteiger partial charge in [-0.05, 0) is 25.7 Å². The molecule has 2 aliphatic rings. The zero-order valence-electron chi connectivity index (χ0n) is 8.32. The molecule has 0 aromatic carbocycles. The minimum atomic E-state index is -0.234. The van der Waals surface area contributed by atoms with Crippen molar-refractivity contribution in [3.8, 4) is 0 Å². The second-order valence-corrected chi connectivity index (χ2v) is 4.01. The smallest absolute Gasteiger partial charge is 0.252 e. The third-order valence-corrected chi connectivity index (χ3v) is 3.08. The molecule has 14 heavy (non-hydrogen) atoms. The minimum Gasteiger partial charge on any atom is -0.394 e. The molecule has 4 heteroatoms. The molecule has 1 amide bonds. The number of likely N-dealkylation sites (tertiary alicyclic amines) is 1. The molecular weight excluding hydrogens is 182 g/mol. The van der Waals surface area contributed by atoms with E-state index in [1.807, 2.05) is 0 Å². The highest BCUT2D eigenvalue weighted by molar-refractivity contribution is 5.81. The van der Waals surface area contributed by atoms with E-state index in [0.717, 1.165) is 32.2 Å². The Morgan fingerprint density at radius 3 is 2.93 bits per heavy atom. The number of nitrogens with zero attached hydrogens (tertiary/aromatic N) is 1. The number of aliphatic hydroxyl groups is 1. The molecule has 80 valence electrons. The first-order valence-electron chi connectivity index (χ1n) is 5.36. The van der Waals surface area contributed by atoms with Crippen molar-refractivity contribution in [3.63, 3.8) is 0 Å². The van der Waals surface area contributed by atoms with Crippen molar-refractivity contribution in [1.82, 2.24) is 4.90 Å². The summed E-state index contributed by atoms with van der Waals surface area (Å²) in [6.45, 7) is 1.57. The van der Waals surface area contributed by atoms with Gasteiger partial charge < -0.3 is 14.7 Å². The Bertz CT molecular complexity index is 213. The van der Waals surface area contributed by atoms with Crippen LogP contribution < -0.4 is 0 Å². The molecule has 2 saturated heterocycles. The second-order valence-electron chi connectivity index (χ2n) is 4.01. The lowest BCUT2D eigenvalue weighted by Gasteiger charge is -2.25. The van der Waals surface area contributed by atoms with Crippen molar-refractivity contribution in [2.45, 2.75) is 37.8 Å². The molecule has 0 aromatic rings. The standard InChI is InChI=1S/C10H17NO3/c12-7-8-3-1-5-11(8)10(13)9-4-2-6-14-9/h8-9,12H,1-7H2/t8-,9-/m0/s1. The van der Waals surface area contributed by atoms with Crippen LogP contribution in [0.25, 0.3) is 0 Å². The summed E-state index contributed by atoms with van der Waals surface area (Å²) in [4.78, 5) is 13.7. The minimum absolute atomic E-state index is 0.0340. The molecule has 0 unspecified atom stereocenters. The van der Waals surface area contributed by atoms with Crippen molar-refractivity contribution in [2.24, 2.45) is 0 Å². The number of rotatable bonds is 2. The van der Waals surface area contributed by atoms with Crippen LogP contribution in [0, 0.1) is 0 Å². The summed E-state index contributed by atoms with van der Waals surface area (Å²) in [5, 5.41) is 9.09. The largest absolute Gasteiger partial charge is 0.394 e. The highest BCUT2D eigenvalue weighted by Gasteiger charge is 2.34. The van der Waals surface area contributed by atoms with Crippen LogP contribution >= 0.6 is 0 Å². The number of amides is 1. The Morgan fingerprint density at radius 2 is 2.29 bits per heavy atom. The van der Waals surface area contributed by atoms with E-state index in [9.17, 15) is 4.79 Å². The molecule has 0 aromatic heterocycles. The van der Waals surface area contributed by atoms with Crippen molar-refractivity contribution < 1.29 is 14.6 Å². The summed E-state index contributed by atoms with van der Waals surface area (Å²) in [7, 11) is 0. The molecule has 2 fully saturated rings. The molecule has 4 nitrogen and oxygen atoms in total. The molecular formula is C10H17NO3. The second kappa shape index (κ2) is 4.28. The molecule has 0 aliphatic carbocycles. The first kappa shape index (κ1) is 9.93. The topological polar surface area (TPSA) is 49.8 Å². The fourth-order valence-electron chi connectivity index (χ4n) is 2.27. The normalized spacial score (nSPS) is 32.5. The molecule has 0 spiro atoms. The number of ether oxygens (including phenoxy) is 1. The van der Waals surface area contributed by atoms with E-state index in [-0.39, 0.29) is 24.7 Å². The van der Waals surface area contributed by atoms with E-state index in [2.05, 4.69) is 0 Å². The van der Waals surface area contributed by atoms with Crippen molar-refractivity contribution >= 4 is 5.91 Å². The number of hydrogen-bond acceptors (Lipinski definition) is 3. The van der Waals surface area contributed by atoms with Crippen LogP contribution in [0.5, 0.6) is 0 Å². The van der Waals surface area contributed by atoms with Gasteiger partial charge in [0.25, 0.3) is 5.91 Å². The highest BCUT2D eigenvalue weighted by Crippen LogP contribution is 2.22. The zero-order chi connectivity index (χ0) is 9.97. The number of carbonyl (C=O) groups is 1. The molecule has 2 rings (SSSR count). The van der Waals surface area contributed by atoms with Gasteiger partial charge in [0.05, 0.1) is 12.6 Å². The average molecular weight is 199 g/mol. The number of carbonyl (C=O) groups excluding carboxylic acids is 1. The summed E-state index contributed by atoms with van der Waals surface area (Å²) < 4.78 is 5.35. The molecule has 2 aliphatic heterocycles. The van der Waals surface area contributed by atoms with Crippen molar-refractivity contribution in [2.75, 3.05) is 19.8 Å². The summed E-state index contributed by atoms with van der Waals surface area (Å²) >= 11 is 0. The quantitative estimate of drug-likeness (QED) is 0.688. The highest BCUT2D eigenvalue weighted by atomic mass is 16.5. The van der Waals surface area contributed by atoms with Gasteiger partial charge in [-0.1, -0.05) is 0 Å². The van der Waals surface area contributed by atoms with Gasteiger partial charge in [0.15, 0.2) is 0 Å². The Balaban J connectivity index is 1.95. The van der Waals surface area contributed by atoms with Crippen molar-refractivity contribution in [1.29, 1.82) is 0 Å². The maximum absolute atomic E-state index is 11.9. The third-order valence-electron chi connectivity index (χ3n) is 3.08. The van der Waals surface area contributed by atoms with Gasteiger partial charge in [0.2, 0.25) is 0 Å². The Hall–Kier alpha value is -0.610. The Labute approximate surface area is 83.8 Å². The van der Waals surface area contributed by atoms with E-state index in [1.54, 1.807) is 4.90 Å². The van der Waals surface area contributed by atoms with E-state index in [4.69, 9.17) is 9.84 Å². The van der Waals surface area contributed by atoms with Gasteiger partial charge in [-0.3, -0.25) is 4.79 Å². The predicted molar refractivity (Wildman–Crippen MR) is 50.8 cm³/mol. The van der Waals surface area contributed by atoms with Gasteiger partial charge in [-0.15, -0.1) is 0 Å². The number of hydrogen-bond donors (Lipinski definition) is 1. The van der Waals surface area contributed by atoms with Gasteiger partial charge in [0.1, 0.15) is 6.10 Å². The summed E-state index contributed by atoms with van der Waals surface area (Å²) in [5.74, 6) is 0.0825. The van der Waals surface area contributed by atoms with Crippen LogP contribution in [-0.2, 0) is 9.53 Å². The molecule has 1 N–H and O–H groups in total. The average Bonchev–Trinajstić information content (AvgIpc) is 2.87. The van der Waals surface area contributed by atoms with Gasteiger partial charge in [0, 0.05) is 13.2 Å². The van der Waals surface area contributed by atoms with E-state index < -0.39 is 0 Å². The van der Waals surface area contributed by atoms with Crippen LogP contribution in [0.3, 0.4) is 0 Å². The molecule has 0 bridgehead atoms. The maximum Gasteiger partial charge on any atom is 0.252 e. The van der Waals surface area contributed by atoms with E-state index in [1.165, 1.54) is 0 Å². The van der Waals surface area contributed by atoms with Gasteiger partial charge >= 0.3 is 0 Å². The molecule has 0 radical (unpaired) electrons. The molecule has 2 heterocycles. The molecule has 0 saturated carbocycles. The fourth-order valence-corrected chi connectivity index (χ4v) is 2.27. The third kappa shape index (κ3) is 1.77. The lowest BCUT2D eigenvalue weighted by atomic mass is 10.2. The Kier molecular flexibility index (Phi) is 3.03. The van der Waals surface area contributed by atoms with E-state index >= 15 is 0 Å². The van der Waals surface area contributed by atoms with Crippen LogP contribution in [0.15, 0.2) is 0 Å². The van der Waals surface area contributed by atoms with Crippen molar-refractivity contribution in [3.05, 3.63) is 0 Å². The zero-order valence-corrected chi connectivity index (χ0v) is 8.32. The lowest BCUT2D eigenvalue weighted by Crippen LogP contribution is -2.43. The SMILES string of the molecule is O=C([C@@H]1CCCO1)N1CCC[C@H]1CO. The van der Waals surface area contributed by atoms with E-state index in [0.29, 0.717) is 6.61 Å². The summed E-state index contributed by atoms with van der Waals surface area (Å²) in [6, 6.07) is 0.0340. The van der Waals surface area contributed by atoms with Crippen LogP contribution in [0.2, 0.25) is 0 Å². The fraction of sp³-hybridized carbons (Fsp3) is 0.900. The lowest BCUT2D eigenvalue weighted by molar-refractivity contribution is -0.142. The Morgan fingerprint density at radius 1 is 1.43 bits per heavy atom. The van der Waals surface area contributed by atoms with Crippen LogP contribution in [0.1, 0.15) is 25.7 Å². The van der Waals surface area contributed by atoms with Gasteiger partial charge in [-0.2, -0.15) is 0 Å². The first-order chi connectivity index (χ1) is 6.83. The van der Waals surface area contributed by atoms with Gasteiger partial charge in [-0.25, -0.2) is 0 Å². The maximum atomic E-state index is 11.9. The number of aliphatic hydroxyl groups excluding tert-OH is 1. The molecule has 2 atom stereocenters.